The monoisotopic (exact) mass is 709 g/mol. The first-order chi connectivity index (χ1) is 24.2. The molecule has 7 heteroatoms. The molecule has 1 amide bonds. The molecule has 6 aliphatic carbocycles. The number of esters is 1. The highest BCUT2D eigenvalue weighted by Crippen LogP contribution is 2.79. The molecule has 0 unspecified atom stereocenters. The smallest absolute Gasteiger partial charge is 0.302 e. The summed E-state index contributed by atoms with van der Waals surface area (Å²) in [5, 5.41) is 0. The fraction of sp³-hybridized carbons (Fsp3) is 0.955. The topological polar surface area (TPSA) is 68.3 Å². The third kappa shape index (κ3) is 5.72. The Bertz CT molecular complexity index is 1330. The number of hydrogen-bond acceptors (Lipinski definition) is 6. The van der Waals surface area contributed by atoms with E-state index >= 15 is 4.79 Å². The number of carbonyl (C=O) groups is 2. The maximum Gasteiger partial charge on any atom is 0.302 e. The van der Waals surface area contributed by atoms with Gasteiger partial charge in [0.1, 0.15) is 6.10 Å². The lowest BCUT2D eigenvalue weighted by Gasteiger charge is -2.73. The zero-order valence-electron chi connectivity index (χ0n) is 33.5. The number of fused-ring (bicyclic) bond motifs is 7. The van der Waals surface area contributed by atoms with Gasteiger partial charge in [-0.1, -0.05) is 41.5 Å². The molecule has 6 saturated carbocycles. The van der Waals surface area contributed by atoms with Crippen LogP contribution in [-0.2, 0) is 23.8 Å². The molecule has 2 heterocycles. The molecule has 0 aromatic rings. The molecule has 2 saturated heterocycles. The van der Waals surface area contributed by atoms with E-state index in [1.807, 2.05) is 0 Å². The third-order valence-corrected chi connectivity index (χ3v) is 18.6. The maximum atomic E-state index is 15.2. The first-order valence-electron chi connectivity index (χ1n) is 21.6. The molecule has 10 atom stereocenters. The van der Waals surface area contributed by atoms with Crippen LogP contribution in [0, 0.1) is 62.1 Å². The first kappa shape index (κ1) is 36.8. The number of carbonyl (C=O) groups excluding carboxylic acids is 2. The summed E-state index contributed by atoms with van der Waals surface area (Å²) in [5.74, 6) is 3.51. The Balaban J connectivity index is 1.01. The minimum absolute atomic E-state index is 0.00969. The van der Waals surface area contributed by atoms with Crippen molar-refractivity contribution >= 4 is 11.9 Å². The summed E-state index contributed by atoms with van der Waals surface area (Å²) < 4.78 is 17.9. The minimum atomic E-state index is -0.168. The molecule has 7 nitrogen and oxygen atoms in total. The second kappa shape index (κ2) is 13.0. The van der Waals surface area contributed by atoms with Crippen LogP contribution in [0.1, 0.15) is 138 Å². The molecule has 2 aliphatic heterocycles. The van der Waals surface area contributed by atoms with E-state index in [4.69, 9.17) is 14.2 Å². The van der Waals surface area contributed by atoms with E-state index in [1.54, 1.807) is 6.92 Å². The van der Waals surface area contributed by atoms with Gasteiger partial charge >= 0.3 is 5.97 Å². The maximum absolute atomic E-state index is 15.2. The number of nitrogens with zero attached hydrogens (tertiary/aromatic N) is 2. The predicted octanol–water partition coefficient (Wildman–Crippen LogP) is 8.14. The van der Waals surface area contributed by atoms with Gasteiger partial charge in [-0.3, -0.25) is 14.5 Å². The van der Waals surface area contributed by atoms with Gasteiger partial charge in [0.2, 0.25) is 5.91 Å². The van der Waals surface area contributed by atoms with Crippen molar-refractivity contribution in [2.75, 3.05) is 52.5 Å². The number of likely N-dealkylation sites (tertiary alicyclic amines) is 1. The average Bonchev–Trinajstić information content (AvgIpc) is 3.71. The van der Waals surface area contributed by atoms with Crippen LogP contribution < -0.4 is 0 Å². The van der Waals surface area contributed by atoms with E-state index in [9.17, 15) is 4.79 Å². The molecule has 0 radical (unpaired) electrons. The summed E-state index contributed by atoms with van der Waals surface area (Å²) in [7, 11) is 0. The standard InChI is InChI=1S/C44H72N2O5/c1-30(47)51-36-12-15-41(5)34(39(36,2)3)11-16-43(7)35(41)9-8-33-37-32(40(4)18-19-40)10-17-44(37,21-20-42(33,43)6)38(48)46-22-13-31(14-23-46)50-29-26-45-24-27-49-28-25-45/h31-37H,8-29H2,1-7H3/t32-,33-,34+,35-,36+,37-,41+,42-,43-,44+/m1/s1. The zero-order valence-corrected chi connectivity index (χ0v) is 33.5. The number of hydrogen-bond donors (Lipinski definition) is 0. The van der Waals surface area contributed by atoms with Gasteiger partial charge in [-0.15, -0.1) is 0 Å². The Hall–Kier alpha value is -1.18. The van der Waals surface area contributed by atoms with Crippen LogP contribution in [0.25, 0.3) is 0 Å². The van der Waals surface area contributed by atoms with Crippen molar-refractivity contribution in [2.45, 2.75) is 151 Å². The molecule has 51 heavy (non-hydrogen) atoms. The Morgan fingerprint density at radius 3 is 2.12 bits per heavy atom. The summed E-state index contributed by atoms with van der Waals surface area (Å²) in [5.41, 5.74) is 1.05. The summed E-state index contributed by atoms with van der Waals surface area (Å²) in [6.45, 7) is 24.2. The van der Waals surface area contributed by atoms with E-state index in [0.29, 0.717) is 40.9 Å². The van der Waals surface area contributed by atoms with Crippen LogP contribution in [0.5, 0.6) is 0 Å². The lowest BCUT2D eigenvalue weighted by atomic mass is 9.32. The first-order valence-corrected chi connectivity index (χ1v) is 21.6. The number of ether oxygens (including phenoxy) is 3. The molecule has 8 rings (SSSR count). The van der Waals surface area contributed by atoms with Gasteiger partial charge in [0.25, 0.3) is 0 Å². The van der Waals surface area contributed by atoms with Gasteiger partial charge in [0.15, 0.2) is 0 Å². The normalized spacial score (nSPS) is 46.3. The molecule has 0 bridgehead atoms. The third-order valence-electron chi connectivity index (χ3n) is 18.6. The Morgan fingerprint density at radius 1 is 0.706 bits per heavy atom. The van der Waals surface area contributed by atoms with E-state index < -0.39 is 0 Å². The van der Waals surface area contributed by atoms with Crippen LogP contribution in [0.3, 0.4) is 0 Å². The van der Waals surface area contributed by atoms with E-state index in [1.165, 1.54) is 57.8 Å². The molecular formula is C44H72N2O5. The van der Waals surface area contributed by atoms with Crippen molar-refractivity contribution in [3.63, 3.8) is 0 Å². The number of piperidine rings is 1. The molecule has 0 spiro atoms. The summed E-state index contributed by atoms with van der Waals surface area (Å²) in [6, 6.07) is 0. The largest absolute Gasteiger partial charge is 0.462 e. The van der Waals surface area contributed by atoms with Gasteiger partial charge in [-0.25, -0.2) is 0 Å². The van der Waals surface area contributed by atoms with Gasteiger partial charge in [0, 0.05) is 45.1 Å². The van der Waals surface area contributed by atoms with Gasteiger partial charge in [-0.2, -0.15) is 0 Å². The average molecular weight is 709 g/mol. The van der Waals surface area contributed by atoms with Crippen LogP contribution in [0.4, 0.5) is 0 Å². The number of rotatable bonds is 7. The van der Waals surface area contributed by atoms with Crippen molar-refractivity contribution in [1.82, 2.24) is 9.80 Å². The lowest BCUT2D eigenvalue weighted by Crippen LogP contribution is -2.67. The molecule has 288 valence electrons. The van der Waals surface area contributed by atoms with Gasteiger partial charge in [0.05, 0.1) is 31.3 Å². The van der Waals surface area contributed by atoms with Crippen molar-refractivity contribution in [2.24, 2.45) is 62.1 Å². The van der Waals surface area contributed by atoms with Gasteiger partial charge in [-0.05, 0) is 141 Å². The van der Waals surface area contributed by atoms with Crippen LogP contribution >= 0.6 is 0 Å². The number of morpholine rings is 1. The lowest BCUT2D eigenvalue weighted by molar-refractivity contribution is -0.251. The van der Waals surface area contributed by atoms with Crippen molar-refractivity contribution in [3.05, 3.63) is 0 Å². The van der Waals surface area contributed by atoms with Crippen molar-refractivity contribution < 1.29 is 23.8 Å². The molecule has 0 aromatic carbocycles. The van der Waals surface area contributed by atoms with Crippen LogP contribution in [-0.4, -0.2) is 86.4 Å². The SMILES string of the molecule is CC(=O)O[C@H]1CC[C@]2(C)[C@H]3CC[C@@H]4[C@H]5[C@H](C6(C)CC6)CC[C@]5(C(=O)N5CCC(OCCN6CCOCC6)CC5)CC[C@@]4(C)[C@]3(C)CC[C@H]2C1(C)C. The van der Waals surface area contributed by atoms with Crippen LogP contribution in [0.2, 0.25) is 0 Å². The molecule has 8 aliphatic rings. The summed E-state index contributed by atoms with van der Waals surface area (Å²) in [4.78, 5) is 32.1. The molecular weight excluding hydrogens is 636 g/mol. The summed E-state index contributed by atoms with van der Waals surface area (Å²) >= 11 is 0. The summed E-state index contributed by atoms with van der Waals surface area (Å²) in [6.07, 6.45) is 16.9. The fourth-order valence-corrected chi connectivity index (χ4v) is 15.4. The fourth-order valence-electron chi connectivity index (χ4n) is 15.4. The zero-order chi connectivity index (χ0) is 36.0. The predicted molar refractivity (Wildman–Crippen MR) is 200 cm³/mol. The number of amides is 1. The van der Waals surface area contributed by atoms with E-state index in [2.05, 4.69) is 51.3 Å². The second-order valence-electron chi connectivity index (χ2n) is 20.9. The highest BCUT2D eigenvalue weighted by atomic mass is 16.5. The van der Waals surface area contributed by atoms with Gasteiger partial charge < -0.3 is 19.1 Å². The van der Waals surface area contributed by atoms with Crippen molar-refractivity contribution in [1.29, 1.82) is 0 Å². The minimum Gasteiger partial charge on any atom is -0.462 e. The highest BCUT2D eigenvalue weighted by Gasteiger charge is 2.73. The Labute approximate surface area is 310 Å². The van der Waals surface area contributed by atoms with Crippen molar-refractivity contribution in [3.8, 4) is 0 Å². The van der Waals surface area contributed by atoms with E-state index in [-0.39, 0.29) is 45.3 Å². The Morgan fingerprint density at radius 2 is 1.43 bits per heavy atom. The second-order valence-corrected chi connectivity index (χ2v) is 20.9. The molecule has 0 aromatic heterocycles. The van der Waals surface area contributed by atoms with Crippen LogP contribution in [0.15, 0.2) is 0 Å². The van der Waals surface area contributed by atoms with E-state index in [0.717, 1.165) is 84.6 Å². The Kier molecular flexibility index (Phi) is 9.34. The molecule has 0 N–H and O–H groups in total. The molecule has 8 fully saturated rings. The quantitative estimate of drug-likeness (QED) is 0.249. The highest BCUT2D eigenvalue weighted by molar-refractivity contribution is 5.84.